The molecule has 9 unspecified atom stereocenters. The van der Waals surface area contributed by atoms with Gasteiger partial charge in [0.2, 0.25) is 0 Å². The van der Waals surface area contributed by atoms with Gasteiger partial charge in [-0.05, 0) is 87.0 Å². The minimum absolute atomic E-state index is 0.133. The molecule has 0 radical (unpaired) electrons. The molecule has 1 saturated carbocycles. The van der Waals surface area contributed by atoms with E-state index in [9.17, 15) is 10.2 Å². The lowest BCUT2D eigenvalue weighted by Gasteiger charge is -2.43. The van der Waals surface area contributed by atoms with Crippen molar-refractivity contribution in [3.63, 3.8) is 0 Å². The Bertz CT molecular complexity index is 783. The fourth-order valence-electron chi connectivity index (χ4n) is 8.12. The topological polar surface area (TPSA) is 107 Å². The molecule has 2 aliphatic carbocycles. The molecule has 2 heterocycles. The van der Waals surface area contributed by atoms with Gasteiger partial charge in [0.1, 0.15) is 6.23 Å². The van der Waals surface area contributed by atoms with Crippen LogP contribution in [0.5, 0.6) is 0 Å². The first-order chi connectivity index (χ1) is 18.4. The van der Waals surface area contributed by atoms with E-state index in [1.807, 2.05) is 6.92 Å². The number of aliphatic hydroxyl groups excluding tert-OH is 2. The van der Waals surface area contributed by atoms with Crippen molar-refractivity contribution >= 4 is 6.21 Å². The first-order valence-corrected chi connectivity index (χ1v) is 15.7. The van der Waals surface area contributed by atoms with E-state index in [-0.39, 0.29) is 23.9 Å². The molecule has 218 valence electrons. The molecule has 1 saturated heterocycles. The third-order valence-corrected chi connectivity index (χ3v) is 10.4. The maximum atomic E-state index is 11.1. The summed E-state index contributed by atoms with van der Waals surface area (Å²) in [6.45, 7) is 10.8. The van der Waals surface area contributed by atoms with Crippen LogP contribution in [0, 0.1) is 46.8 Å². The predicted octanol–water partition coefficient (Wildman–Crippen LogP) is 4.82. The van der Waals surface area contributed by atoms with Crippen LogP contribution in [0.1, 0.15) is 91.9 Å². The molecule has 2 fully saturated rings. The van der Waals surface area contributed by atoms with E-state index in [1.165, 1.54) is 37.6 Å². The van der Waals surface area contributed by atoms with Gasteiger partial charge in [-0.15, -0.1) is 0 Å². The average molecular weight is 534 g/mol. The number of hydrogen-bond donors (Lipinski definition) is 5. The van der Waals surface area contributed by atoms with Crippen molar-refractivity contribution in [1.82, 2.24) is 10.6 Å². The van der Waals surface area contributed by atoms with Crippen LogP contribution in [0.15, 0.2) is 11.3 Å². The maximum absolute atomic E-state index is 11.1. The van der Waals surface area contributed by atoms with Crippen LogP contribution >= 0.6 is 0 Å². The van der Waals surface area contributed by atoms with Gasteiger partial charge in [-0.1, -0.05) is 40.0 Å². The number of nitrogens with one attached hydrogen (secondary N) is 3. The molecular formula is C31H55N3O4. The number of ether oxygens (including phenoxy) is 2. The molecule has 0 spiro atoms. The van der Waals surface area contributed by atoms with Crippen molar-refractivity contribution in [2.75, 3.05) is 19.8 Å². The van der Waals surface area contributed by atoms with E-state index in [0.29, 0.717) is 43.5 Å². The van der Waals surface area contributed by atoms with Crippen LogP contribution in [0.4, 0.5) is 0 Å². The molecule has 0 bridgehead atoms. The first-order valence-electron chi connectivity index (χ1n) is 15.7. The summed E-state index contributed by atoms with van der Waals surface area (Å²) >= 11 is 0. The van der Waals surface area contributed by atoms with Crippen molar-refractivity contribution in [2.45, 2.75) is 117 Å². The zero-order valence-electron chi connectivity index (χ0n) is 24.3. The molecule has 0 aromatic rings. The van der Waals surface area contributed by atoms with Crippen LogP contribution in [-0.2, 0) is 9.47 Å². The zero-order valence-corrected chi connectivity index (χ0v) is 24.3. The van der Waals surface area contributed by atoms with Gasteiger partial charge in [0.15, 0.2) is 6.29 Å². The second-order valence-electron chi connectivity index (χ2n) is 12.8. The van der Waals surface area contributed by atoms with Gasteiger partial charge in [0, 0.05) is 49.0 Å². The monoisotopic (exact) mass is 533 g/mol. The van der Waals surface area contributed by atoms with Gasteiger partial charge in [-0.3, -0.25) is 5.32 Å². The highest BCUT2D eigenvalue weighted by Gasteiger charge is 2.45. The number of hydrogen-bond acceptors (Lipinski definition) is 7. The van der Waals surface area contributed by atoms with Gasteiger partial charge in [-0.2, -0.15) is 0 Å². The predicted molar refractivity (Wildman–Crippen MR) is 152 cm³/mol. The molecule has 4 rings (SSSR count). The van der Waals surface area contributed by atoms with E-state index in [4.69, 9.17) is 14.9 Å². The highest BCUT2D eigenvalue weighted by Crippen LogP contribution is 2.47. The van der Waals surface area contributed by atoms with Gasteiger partial charge < -0.3 is 30.4 Å². The van der Waals surface area contributed by atoms with Crippen LogP contribution < -0.4 is 10.6 Å². The van der Waals surface area contributed by atoms with Crippen molar-refractivity contribution in [1.29, 1.82) is 5.41 Å². The minimum atomic E-state index is -0.709. The summed E-state index contributed by atoms with van der Waals surface area (Å²) in [7, 11) is 0. The van der Waals surface area contributed by atoms with E-state index >= 15 is 0 Å². The van der Waals surface area contributed by atoms with Crippen LogP contribution in [-0.4, -0.2) is 60.8 Å². The molecule has 7 nitrogen and oxygen atoms in total. The fourth-order valence-corrected chi connectivity index (χ4v) is 8.12. The normalized spacial score (nSPS) is 37.2. The molecule has 9 atom stereocenters. The second kappa shape index (κ2) is 14.1. The standard InChI is InChI=1S/C31H55N3O4/c1-5-7-22(17-32)30(35)34-29(21-10-8-19(3)9-11-21)28-16-25-20(4)23(12-13-27(25)33-28)26-18-37-15-14-24(26)31(36)38-6-2/h17,19-24,26,28-36H,5-16,18H2,1-4H3. The number of aliphatic hydroxyl groups is 2. The van der Waals surface area contributed by atoms with Gasteiger partial charge in [-0.25, -0.2) is 0 Å². The van der Waals surface area contributed by atoms with Crippen molar-refractivity contribution in [2.24, 2.45) is 41.4 Å². The van der Waals surface area contributed by atoms with E-state index in [1.54, 1.807) is 5.57 Å². The molecule has 38 heavy (non-hydrogen) atoms. The molecular weight excluding hydrogens is 478 g/mol. The van der Waals surface area contributed by atoms with Gasteiger partial charge in [0.05, 0.1) is 6.61 Å². The summed E-state index contributed by atoms with van der Waals surface area (Å²) in [6, 6.07) is 0.466. The summed E-state index contributed by atoms with van der Waals surface area (Å²) in [6.07, 6.45) is 10.8. The fraction of sp³-hybridized carbons (Fsp3) is 0.903. The Labute approximate surface area is 231 Å². The quantitative estimate of drug-likeness (QED) is 0.182. The molecule has 0 aromatic heterocycles. The Morgan fingerprint density at radius 1 is 1.11 bits per heavy atom. The average Bonchev–Trinajstić information content (AvgIpc) is 3.36. The molecule has 0 amide bonds. The summed E-state index contributed by atoms with van der Waals surface area (Å²) in [5, 5.41) is 37.4. The maximum Gasteiger partial charge on any atom is 0.157 e. The Morgan fingerprint density at radius 2 is 1.87 bits per heavy atom. The highest BCUT2D eigenvalue weighted by molar-refractivity contribution is 5.57. The summed E-state index contributed by atoms with van der Waals surface area (Å²) in [4.78, 5) is 0. The lowest BCUT2D eigenvalue weighted by atomic mass is 9.66. The lowest BCUT2D eigenvalue weighted by Crippen LogP contribution is -2.55. The van der Waals surface area contributed by atoms with Crippen molar-refractivity contribution in [3.05, 3.63) is 11.3 Å². The van der Waals surface area contributed by atoms with E-state index < -0.39 is 12.5 Å². The lowest BCUT2D eigenvalue weighted by molar-refractivity contribution is -0.177. The minimum Gasteiger partial charge on any atom is -0.384 e. The largest absolute Gasteiger partial charge is 0.384 e. The molecule has 0 aromatic carbocycles. The molecule has 5 N–H and O–H groups in total. The smallest absolute Gasteiger partial charge is 0.157 e. The van der Waals surface area contributed by atoms with Crippen molar-refractivity contribution < 1.29 is 19.7 Å². The molecule has 7 heteroatoms. The second-order valence-corrected chi connectivity index (χ2v) is 12.8. The Hall–Kier alpha value is -0.990. The third-order valence-electron chi connectivity index (χ3n) is 10.4. The van der Waals surface area contributed by atoms with Crippen LogP contribution in [0.3, 0.4) is 0 Å². The van der Waals surface area contributed by atoms with Crippen molar-refractivity contribution in [3.8, 4) is 0 Å². The Morgan fingerprint density at radius 3 is 2.55 bits per heavy atom. The molecule has 4 aliphatic rings. The highest BCUT2D eigenvalue weighted by atomic mass is 16.6. The SMILES string of the molecule is CCCC(C=N)C(O)NC(C1CCC(C)CC1)C1CC2=C(CCC(C3COCCC3C(O)OCC)C2C)N1. The van der Waals surface area contributed by atoms with E-state index in [2.05, 4.69) is 31.4 Å². The summed E-state index contributed by atoms with van der Waals surface area (Å²) in [5.41, 5.74) is 2.96. The van der Waals surface area contributed by atoms with Crippen LogP contribution in [0.2, 0.25) is 0 Å². The van der Waals surface area contributed by atoms with Gasteiger partial charge >= 0.3 is 0 Å². The molecule has 2 aliphatic heterocycles. The Balaban J connectivity index is 1.47. The number of allylic oxidation sites excluding steroid dienone is 1. The van der Waals surface area contributed by atoms with Gasteiger partial charge in [0.25, 0.3) is 0 Å². The van der Waals surface area contributed by atoms with Crippen LogP contribution in [0.25, 0.3) is 0 Å². The summed E-state index contributed by atoms with van der Waals surface area (Å²) < 4.78 is 11.6. The zero-order chi connectivity index (χ0) is 27.2. The third kappa shape index (κ3) is 6.83. The first kappa shape index (κ1) is 30.0. The van der Waals surface area contributed by atoms with E-state index in [0.717, 1.165) is 44.4 Å². The summed E-state index contributed by atoms with van der Waals surface area (Å²) in [5.74, 6) is 2.54. The Kier molecular flexibility index (Phi) is 11.1. The number of rotatable bonds is 12.